The van der Waals surface area contributed by atoms with Gasteiger partial charge in [0.1, 0.15) is 6.04 Å². The van der Waals surface area contributed by atoms with E-state index in [-0.39, 0.29) is 17.4 Å². The third-order valence-electron chi connectivity index (χ3n) is 2.07. The molecule has 1 rings (SSSR count). The van der Waals surface area contributed by atoms with Crippen molar-refractivity contribution >= 4 is 52.5 Å². The number of carboxylic acids is 1. The summed E-state index contributed by atoms with van der Waals surface area (Å²) in [5, 5.41) is 11.8. The Bertz CT molecular complexity index is 465. The van der Waals surface area contributed by atoms with Crippen LogP contribution < -0.4 is 11.1 Å². The minimum atomic E-state index is -1.10. The van der Waals surface area contributed by atoms with E-state index in [1.165, 1.54) is 0 Å². The predicted molar refractivity (Wildman–Crippen MR) is 78.0 cm³/mol. The summed E-state index contributed by atoms with van der Waals surface area (Å²) in [5.41, 5.74) is 5.66. The number of anilines is 1. The van der Waals surface area contributed by atoms with Crippen molar-refractivity contribution in [3.8, 4) is 0 Å². The van der Waals surface area contributed by atoms with E-state index in [1.54, 1.807) is 18.2 Å². The maximum absolute atomic E-state index is 11.6. The molecule has 1 aromatic carbocycles. The van der Waals surface area contributed by atoms with Gasteiger partial charge in [-0.25, -0.2) is 0 Å². The lowest BCUT2D eigenvalue weighted by Gasteiger charge is -2.09. The zero-order valence-electron chi connectivity index (χ0n) is 9.73. The highest BCUT2D eigenvalue weighted by atomic mass is 35.5. The smallest absolute Gasteiger partial charge is 0.321 e. The van der Waals surface area contributed by atoms with Crippen molar-refractivity contribution in [2.75, 3.05) is 16.8 Å². The fourth-order valence-corrected chi connectivity index (χ4v) is 2.41. The summed E-state index contributed by atoms with van der Waals surface area (Å²) in [4.78, 5) is 22.1. The van der Waals surface area contributed by atoms with E-state index in [9.17, 15) is 9.59 Å². The summed E-state index contributed by atoms with van der Waals surface area (Å²) in [6, 6.07) is 3.90. The third kappa shape index (κ3) is 5.28. The highest BCUT2D eigenvalue weighted by molar-refractivity contribution is 8.00. The van der Waals surface area contributed by atoms with Crippen LogP contribution in [0.25, 0.3) is 0 Å². The van der Waals surface area contributed by atoms with Crippen LogP contribution in [0.2, 0.25) is 10.0 Å². The highest BCUT2D eigenvalue weighted by Crippen LogP contribution is 2.29. The maximum Gasteiger partial charge on any atom is 0.321 e. The lowest BCUT2D eigenvalue weighted by molar-refractivity contribution is -0.137. The molecule has 19 heavy (non-hydrogen) atoms. The number of nitrogens with two attached hydrogens (primary N) is 1. The first-order valence-electron chi connectivity index (χ1n) is 5.21. The number of hydrogen-bond acceptors (Lipinski definition) is 4. The van der Waals surface area contributed by atoms with Gasteiger partial charge in [0.15, 0.2) is 0 Å². The van der Waals surface area contributed by atoms with Crippen molar-refractivity contribution in [1.82, 2.24) is 0 Å². The number of carbonyl (C=O) groups excluding carboxylic acids is 1. The number of halogens is 2. The number of nitrogens with one attached hydrogen (secondary N) is 1. The molecule has 0 aliphatic heterocycles. The van der Waals surface area contributed by atoms with Crippen LogP contribution in [0.3, 0.4) is 0 Å². The Kier molecular flexibility index (Phi) is 6.44. The first-order valence-corrected chi connectivity index (χ1v) is 7.13. The fraction of sp³-hybridized carbons (Fsp3) is 0.273. The molecule has 1 aromatic rings. The second-order valence-electron chi connectivity index (χ2n) is 3.60. The normalized spacial score (nSPS) is 11.9. The highest BCUT2D eigenvalue weighted by Gasteiger charge is 2.13. The van der Waals surface area contributed by atoms with Crippen molar-refractivity contribution in [2.24, 2.45) is 5.73 Å². The van der Waals surface area contributed by atoms with Crippen LogP contribution in [-0.4, -0.2) is 34.5 Å². The first-order chi connectivity index (χ1) is 8.91. The molecule has 0 fully saturated rings. The molecule has 0 heterocycles. The average molecular weight is 323 g/mol. The summed E-state index contributed by atoms with van der Waals surface area (Å²) < 4.78 is 0. The van der Waals surface area contributed by atoms with E-state index in [1.807, 2.05) is 0 Å². The number of thioether (sulfide) groups is 1. The van der Waals surface area contributed by atoms with E-state index in [0.717, 1.165) is 11.8 Å². The summed E-state index contributed by atoms with van der Waals surface area (Å²) in [6.07, 6.45) is 0. The molecule has 0 spiro atoms. The number of carbonyl (C=O) groups is 2. The number of rotatable bonds is 6. The van der Waals surface area contributed by atoms with E-state index < -0.39 is 12.0 Å². The van der Waals surface area contributed by atoms with Crippen LogP contribution in [0.15, 0.2) is 18.2 Å². The molecule has 5 nitrogen and oxygen atoms in total. The SMILES string of the molecule is N[C@@H](CSCC(=O)Nc1c(Cl)cccc1Cl)C(=O)O. The van der Waals surface area contributed by atoms with Crippen LogP contribution in [0.4, 0.5) is 5.69 Å². The van der Waals surface area contributed by atoms with Gasteiger partial charge in [0, 0.05) is 5.75 Å². The standard InChI is InChI=1S/C11H12Cl2N2O3S/c12-6-2-1-3-7(13)10(6)15-9(16)5-19-4-8(14)11(17)18/h1-3,8H,4-5,14H2,(H,15,16)(H,17,18)/t8-/m0/s1. The van der Waals surface area contributed by atoms with Crippen molar-refractivity contribution < 1.29 is 14.7 Å². The van der Waals surface area contributed by atoms with Crippen molar-refractivity contribution in [1.29, 1.82) is 0 Å². The van der Waals surface area contributed by atoms with Crippen LogP contribution in [0.1, 0.15) is 0 Å². The largest absolute Gasteiger partial charge is 0.480 e. The number of aliphatic carboxylic acids is 1. The van der Waals surface area contributed by atoms with Crippen LogP contribution >= 0.6 is 35.0 Å². The van der Waals surface area contributed by atoms with Crippen LogP contribution in [-0.2, 0) is 9.59 Å². The van der Waals surface area contributed by atoms with Crippen LogP contribution in [0, 0.1) is 0 Å². The Morgan fingerprint density at radius 2 is 1.95 bits per heavy atom. The molecule has 0 aromatic heterocycles. The van der Waals surface area contributed by atoms with Gasteiger partial charge in [0.2, 0.25) is 5.91 Å². The summed E-state index contributed by atoms with van der Waals surface area (Å²) in [6.45, 7) is 0. The molecule has 0 bridgehead atoms. The first kappa shape index (κ1) is 16.1. The minimum absolute atomic E-state index is 0.0720. The number of amides is 1. The molecular weight excluding hydrogens is 311 g/mol. The number of benzene rings is 1. The Labute approximate surface area is 124 Å². The minimum Gasteiger partial charge on any atom is -0.480 e. The molecule has 0 aliphatic rings. The molecule has 0 radical (unpaired) electrons. The van der Waals surface area contributed by atoms with Crippen LogP contribution in [0.5, 0.6) is 0 Å². The Morgan fingerprint density at radius 3 is 2.47 bits per heavy atom. The molecular formula is C11H12Cl2N2O3S. The van der Waals surface area contributed by atoms with E-state index in [2.05, 4.69) is 5.32 Å². The molecule has 1 amide bonds. The van der Waals surface area contributed by atoms with Gasteiger partial charge in [0.05, 0.1) is 21.5 Å². The molecule has 104 valence electrons. The lowest BCUT2D eigenvalue weighted by atomic mass is 10.3. The summed E-state index contributed by atoms with van der Waals surface area (Å²) in [7, 11) is 0. The number of hydrogen-bond donors (Lipinski definition) is 3. The van der Waals surface area contributed by atoms with Gasteiger partial charge in [0.25, 0.3) is 0 Å². The van der Waals surface area contributed by atoms with Crippen molar-refractivity contribution in [3.63, 3.8) is 0 Å². The molecule has 1 atom stereocenters. The van der Waals surface area contributed by atoms with Gasteiger partial charge < -0.3 is 16.2 Å². The fourth-order valence-electron chi connectivity index (χ4n) is 1.14. The third-order valence-corrected chi connectivity index (χ3v) is 3.77. The Morgan fingerprint density at radius 1 is 1.37 bits per heavy atom. The zero-order valence-corrected chi connectivity index (χ0v) is 12.1. The Hall–Kier alpha value is -0.950. The second-order valence-corrected chi connectivity index (χ2v) is 5.45. The molecule has 0 aliphatic carbocycles. The average Bonchev–Trinajstić information content (AvgIpc) is 2.33. The molecule has 0 saturated carbocycles. The van der Waals surface area contributed by atoms with E-state index in [4.69, 9.17) is 34.0 Å². The molecule has 4 N–H and O–H groups in total. The second kappa shape index (κ2) is 7.59. The van der Waals surface area contributed by atoms with Gasteiger partial charge in [-0.15, -0.1) is 11.8 Å². The van der Waals surface area contributed by atoms with Gasteiger partial charge >= 0.3 is 5.97 Å². The number of carboxylic acid groups (broad SMARTS) is 1. The van der Waals surface area contributed by atoms with Gasteiger partial charge in [-0.2, -0.15) is 0 Å². The van der Waals surface area contributed by atoms with E-state index in [0.29, 0.717) is 15.7 Å². The number of para-hydroxylation sites is 1. The van der Waals surface area contributed by atoms with Crippen molar-refractivity contribution in [3.05, 3.63) is 28.2 Å². The quantitative estimate of drug-likeness (QED) is 0.745. The Balaban J connectivity index is 2.46. The maximum atomic E-state index is 11.6. The van der Waals surface area contributed by atoms with Gasteiger partial charge in [-0.05, 0) is 12.1 Å². The molecule has 0 unspecified atom stereocenters. The molecule has 8 heteroatoms. The molecule has 0 saturated heterocycles. The lowest BCUT2D eigenvalue weighted by Crippen LogP contribution is -2.33. The van der Waals surface area contributed by atoms with Crippen molar-refractivity contribution in [2.45, 2.75) is 6.04 Å². The van der Waals surface area contributed by atoms with Gasteiger partial charge in [-0.3, -0.25) is 9.59 Å². The van der Waals surface area contributed by atoms with E-state index >= 15 is 0 Å². The monoisotopic (exact) mass is 322 g/mol. The summed E-state index contributed by atoms with van der Waals surface area (Å²) >= 11 is 12.9. The predicted octanol–water partition coefficient (Wildman–Crippen LogP) is 2.08. The summed E-state index contributed by atoms with van der Waals surface area (Å²) in [5.74, 6) is -1.19. The topological polar surface area (TPSA) is 92.4 Å². The zero-order chi connectivity index (χ0) is 14.4. The van der Waals surface area contributed by atoms with Gasteiger partial charge in [-0.1, -0.05) is 29.3 Å².